The molecule has 0 aromatic heterocycles. The fourth-order valence-corrected chi connectivity index (χ4v) is 2.12. The highest BCUT2D eigenvalue weighted by molar-refractivity contribution is 6.03. The lowest BCUT2D eigenvalue weighted by atomic mass is 9.98. The first-order chi connectivity index (χ1) is 10.8. The highest BCUT2D eigenvalue weighted by atomic mass is 16.6. The van der Waals surface area contributed by atoms with Crippen molar-refractivity contribution in [3.05, 3.63) is 0 Å². The van der Waals surface area contributed by atoms with Crippen LogP contribution in [0.25, 0.3) is 0 Å². The number of hydrogen-bond acceptors (Lipinski definition) is 6. The zero-order chi connectivity index (χ0) is 18.7. The van der Waals surface area contributed by atoms with Gasteiger partial charge in [-0.1, -0.05) is 0 Å². The average molecular weight is 342 g/mol. The van der Waals surface area contributed by atoms with E-state index in [4.69, 9.17) is 9.47 Å². The number of rotatable bonds is 4. The van der Waals surface area contributed by atoms with E-state index in [1.54, 1.807) is 41.5 Å². The van der Waals surface area contributed by atoms with Crippen molar-refractivity contribution in [3.63, 3.8) is 0 Å². The predicted octanol–water partition coefficient (Wildman–Crippen LogP) is 1.27. The second kappa shape index (κ2) is 7.19. The molecule has 2 atom stereocenters. The van der Waals surface area contributed by atoms with Crippen molar-refractivity contribution in [2.45, 2.75) is 71.6 Å². The first kappa shape index (κ1) is 19.9. The Morgan fingerprint density at radius 1 is 1.12 bits per heavy atom. The molecular weight excluding hydrogens is 316 g/mol. The molecule has 1 rings (SSSR count). The van der Waals surface area contributed by atoms with Gasteiger partial charge < -0.3 is 14.8 Å². The Labute approximate surface area is 141 Å². The number of hydrogen-bond donors (Lipinski definition) is 2. The quantitative estimate of drug-likeness (QED) is 0.588. The van der Waals surface area contributed by atoms with Gasteiger partial charge in [-0.25, -0.2) is 9.59 Å². The summed E-state index contributed by atoms with van der Waals surface area (Å²) in [5.41, 5.74) is -1.48. The van der Waals surface area contributed by atoms with Crippen molar-refractivity contribution in [3.8, 4) is 0 Å². The van der Waals surface area contributed by atoms with Gasteiger partial charge in [0.1, 0.15) is 17.2 Å². The molecule has 2 N–H and O–H groups in total. The third-order valence-electron chi connectivity index (χ3n) is 2.97. The SMILES string of the molecule is CC(C)(C)OC(=O)N[C@@H](CC1CC(=O)NC1=O)C(=O)OC(C)(C)C. The summed E-state index contributed by atoms with van der Waals surface area (Å²) >= 11 is 0. The Balaban J connectivity index is 2.82. The Kier molecular flexibility index (Phi) is 5.97. The van der Waals surface area contributed by atoms with E-state index in [2.05, 4.69) is 10.6 Å². The van der Waals surface area contributed by atoms with Crippen LogP contribution in [0.2, 0.25) is 0 Å². The van der Waals surface area contributed by atoms with Gasteiger partial charge in [0.15, 0.2) is 0 Å². The number of amides is 3. The van der Waals surface area contributed by atoms with Crippen LogP contribution in [0.4, 0.5) is 4.79 Å². The number of nitrogens with one attached hydrogen (secondary N) is 2. The second-order valence-corrected chi connectivity index (χ2v) is 7.78. The third kappa shape index (κ3) is 6.97. The van der Waals surface area contributed by atoms with E-state index in [1.165, 1.54) is 0 Å². The first-order valence-corrected chi connectivity index (χ1v) is 7.83. The molecule has 0 radical (unpaired) electrons. The van der Waals surface area contributed by atoms with Gasteiger partial charge in [-0.3, -0.25) is 14.9 Å². The number of carbonyl (C=O) groups is 4. The van der Waals surface area contributed by atoms with Crippen molar-refractivity contribution in [2.24, 2.45) is 5.92 Å². The van der Waals surface area contributed by atoms with E-state index in [1.807, 2.05) is 0 Å². The van der Waals surface area contributed by atoms with Gasteiger partial charge >= 0.3 is 12.1 Å². The number of carbonyl (C=O) groups excluding carboxylic acids is 4. The summed E-state index contributed by atoms with van der Waals surface area (Å²) < 4.78 is 10.4. The van der Waals surface area contributed by atoms with Gasteiger partial charge in [0, 0.05) is 12.3 Å². The molecular formula is C16H26N2O6. The third-order valence-corrected chi connectivity index (χ3v) is 2.97. The molecule has 1 aliphatic rings. The van der Waals surface area contributed by atoms with Crippen LogP contribution in [0.1, 0.15) is 54.4 Å². The normalized spacial score (nSPS) is 19.5. The summed E-state index contributed by atoms with van der Waals surface area (Å²) in [5, 5.41) is 4.61. The molecule has 24 heavy (non-hydrogen) atoms. The Morgan fingerprint density at radius 2 is 1.67 bits per heavy atom. The lowest BCUT2D eigenvalue weighted by molar-refractivity contribution is -0.158. The summed E-state index contributed by atoms with van der Waals surface area (Å²) in [5.74, 6) is -2.23. The van der Waals surface area contributed by atoms with Crippen molar-refractivity contribution >= 4 is 23.9 Å². The maximum Gasteiger partial charge on any atom is 0.408 e. The van der Waals surface area contributed by atoms with Gasteiger partial charge in [-0.15, -0.1) is 0 Å². The van der Waals surface area contributed by atoms with Crippen LogP contribution in [0, 0.1) is 5.92 Å². The number of alkyl carbamates (subject to hydrolysis) is 1. The molecule has 136 valence electrons. The van der Waals surface area contributed by atoms with Crippen molar-refractivity contribution < 1.29 is 28.7 Å². The molecule has 3 amide bonds. The van der Waals surface area contributed by atoms with Crippen LogP contribution in [0.5, 0.6) is 0 Å². The van der Waals surface area contributed by atoms with E-state index < -0.39 is 47.0 Å². The van der Waals surface area contributed by atoms with Gasteiger partial charge in [-0.2, -0.15) is 0 Å². The topological polar surface area (TPSA) is 111 Å². The fourth-order valence-electron chi connectivity index (χ4n) is 2.12. The van der Waals surface area contributed by atoms with Crippen LogP contribution in [0.3, 0.4) is 0 Å². The summed E-state index contributed by atoms with van der Waals surface area (Å²) in [7, 11) is 0. The Morgan fingerprint density at radius 3 is 2.08 bits per heavy atom. The lowest BCUT2D eigenvalue weighted by Crippen LogP contribution is -2.47. The second-order valence-electron chi connectivity index (χ2n) is 7.78. The molecule has 8 heteroatoms. The van der Waals surface area contributed by atoms with Crippen LogP contribution in [-0.4, -0.2) is 41.1 Å². The standard InChI is InChI=1S/C16H26N2O6/c1-15(2,3)23-13(21)10(17-14(22)24-16(4,5)6)7-9-8-11(19)18-12(9)20/h9-10H,7-8H2,1-6H3,(H,17,22)(H,18,19,20)/t9?,10-/m0/s1. The summed E-state index contributed by atoms with van der Waals surface area (Å²) in [4.78, 5) is 47.3. The average Bonchev–Trinajstić information content (AvgIpc) is 2.62. The van der Waals surface area contributed by atoms with Gasteiger partial charge in [0.05, 0.1) is 0 Å². The van der Waals surface area contributed by atoms with E-state index in [0.717, 1.165) is 0 Å². The van der Waals surface area contributed by atoms with Gasteiger partial charge in [0.2, 0.25) is 11.8 Å². The highest BCUT2D eigenvalue weighted by Crippen LogP contribution is 2.20. The number of ether oxygens (including phenoxy) is 2. The van der Waals surface area contributed by atoms with Crippen LogP contribution in [0.15, 0.2) is 0 Å². The Bertz CT molecular complexity index is 530. The summed E-state index contributed by atoms with van der Waals surface area (Å²) in [6, 6.07) is -1.08. The van der Waals surface area contributed by atoms with Crippen molar-refractivity contribution in [1.82, 2.24) is 10.6 Å². The minimum atomic E-state index is -1.08. The molecule has 8 nitrogen and oxygen atoms in total. The maximum atomic E-state index is 12.3. The number of esters is 1. The molecule has 1 saturated heterocycles. The molecule has 0 aliphatic carbocycles. The van der Waals surface area contributed by atoms with Gasteiger partial charge in [-0.05, 0) is 48.0 Å². The lowest BCUT2D eigenvalue weighted by Gasteiger charge is -2.27. The molecule has 0 saturated carbocycles. The molecule has 1 heterocycles. The predicted molar refractivity (Wildman–Crippen MR) is 84.9 cm³/mol. The van der Waals surface area contributed by atoms with Crippen LogP contribution in [-0.2, 0) is 23.9 Å². The summed E-state index contributed by atoms with van der Waals surface area (Å²) in [6.45, 7) is 10.2. The zero-order valence-corrected chi connectivity index (χ0v) is 15.0. The highest BCUT2D eigenvalue weighted by Gasteiger charge is 2.37. The van der Waals surface area contributed by atoms with Crippen LogP contribution < -0.4 is 10.6 Å². The largest absolute Gasteiger partial charge is 0.458 e. The molecule has 0 aromatic carbocycles. The zero-order valence-electron chi connectivity index (χ0n) is 15.0. The molecule has 0 bridgehead atoms. The van der Waals surface area contributed by atoms with Gasteiger partial charge in [0.25, 0.3) is 0 Å². The summed E-state index contributed by atoms with van der Waals surface area (Å²) in [6.07, 6.45) is -0.845. The molecule has 1 unspecified atom stereocenters. The van der Waals surface area contributed by atoms with Crippen LogP contribution >= 0.6 is 0 Å². The van der Waals surface area contributed by atoms with E-state index in [0.29, 0.717) is 0 Å². The first-order valence-electron chi connectivity index (χ1n) is 7.83. The smallest absolute Gasteiger partial charge is 0.408 e. The number of imide groups is 1. The van der Waals surface area contributed by atoms with E-state index in [-0.39, 0.29) is 12.8 Å². The fraction of sp³-hybridized carbons (Fsp3) is 0.750. The Hall–Kier alpha value is -2.12. The maximum absolute atomic E-state index is 12.3. The molecule has 0 spiro atoms. The minimum absolute atomic E-state index is 0.0197. The molecule has 1 aliphatic heterocycles. The minimum Gasteiger partial charge on any atom is -0.458 e. The van der Waals surface area contributed by atoms with E-state index in [9.17, 15) is 19.2 Å². The molecule has 1 fully saturated rings. The van der Waals surface area contributed by atoms with Crippen molar-refractivity contribution in [2.75, 3.05) is 0 Å². The monoisotopic (exact) mass is 342 g/mol. The van der Waals surface area contributed by atoms with E-state index >= 15 is 0 Å². The molecule has 0 aromatic rings. The van der Waals surface area contributed by atoms with Crippen molar-refractivity contribution in [1.29, 1.82) is 0 Å².